The molecule has 0 heterocycles. The highest BCUT2D eigenvalue weighted by Crippen LogP contribution is 2.05. The highest BCUT2D eigenvalue weighted by molar-refractivity contribution is 14.0. The van der Waals surface area contributed by atoms with E-state index in [2.05, 4.69) is 20.9 Å². The summed E-state index contributed by atoms with van der Waals surface area (Å²) in [4.78, 5) is 15.6. The predicted molar refractivity (Wildman–Crippen MR) is 116 cm³/mol. The molecule has 3 N–H and O–H groups in total. The van der Waals surface area contributed by atoms with E-state index in [4.69, 9.17) is 4.74 Å². The highest BCUT2D eigenvalue weighted by Gasteiger charge is 2.15. The molecule has 0 aliphatic rings. The fourth-order valence-electron chi connectivity index (χ4n) is 1.90. The molecule has 0 radical (unpaired) electrons. The normalized spacial score (nSPS) is 12.3. The third-order valence-corrected chi connectivity index (χ3v) is 4.39. The summed E-state index contributed by atoms with van der Waals surface area (Å²) in [7, 11) is -1.51. The first-order chi connectivity index (χ1) is 11.5. The molecule has 0 bridgehead atoms. The summed E-state index contributed by atoms with van der Waals surface area (Å²) < 4.78 is 29.5. The maximum atomic E-state index is 11.5. The number of hydrogen-bond donors (Lipinski definition) is 3. The maximum Gasteiger partial charge on any atom is 0.407 e. The van der Waals surface area contributed by atoms with Crippen LogP contribution in [0, 0.1) is 0 Å². The van der Waals surface area contributed by atoms with Crippen molar-refractivity contribution < 1.29 is 17.9 Å². The number of halogens is 1. The molecule has 0 aromatic carbocycles. The van der Waals surface area contributed by atoms with Gasteiger partial charge in [-0.25, -0.2) is 17.5 Å². The standard InChI is InChI=1S/C15H33N5O4S.HI/c1-7-20(25(6,22)23)12-8-9-17-13(16-5)18-10-11-19-14(21)24-15(2,3)4;/h7-12H2,1-6H3,(H,19,21)(H2,16,17,18);1H. The van der Waals surface area contributed by atoms with Gasteiger partial charge in [-0.1, -0.05) is 6.92 Å². The van der Waals surface area contributed by atoms with Crippen molar-refractivity contribution >= 4 is 46.1 Å². The van der Waals surface area contributed by atoms with Crippen LogP contribution in [0.2, 0.25) is 0 Å². The van der Waals surface area contributed by atoms with Gasteiger partial charge in [0.05, 0.1) is 6.26 Å². The first kappa shape index (κ1) is 27.4. The Hall–Kier alpha value is -0.820. The lowest BCUT2D eigenvalue weighted by atomic mass is 10.2. The third-order valence-electron chi connectivity index (χ3n) is 3.01. The maximum absolute atomic E-state index is 11.5. The summed E-state index contributed by atoms with van der Waals surface area (Å²) in [5, 5.41) is 8.80. The molecule has 9 nitrogen and oxygen atoms in total. The molecule has 0 unspecified atom stereocenters. The van der Waals surface area contributed by atoms with Gasteiger partial charge in [0, 0.05) is 39.8 Å². The third kappa shape index (κ3) is 14.4. The van der Waals surface area contributed by atoms with Crippen LogP contribution in [0.5, 0.6) is 0 Å². The minimum absolute atomic E-state index is 0. The van der Waals surface area contributed by atoms with E-state index in [1.165, 1.54) is 10.6 Å². The number of alkyl carbamates (subject to hydrolysis) is 1. The van der Waals surface area contributed by atoms with E-state index in [0.717, 1.165) is 0 Å². The molecule has 1 amide bonds. The van der Waals surface area contributed by atoms with Crippen LogP contribution in [0.1, 0.15) is 34.1 Å². The van der Waals surface area contributed by atoms with E-state index in [1.807, 2.05) is 6.92 Å². The summed E-state index contributed by atoms with van der Waals surface area (Å²) >= 11 is 0. The van der Waals surface area contributed by atoms with Gasteiger partial charge in [-0.2, -0.15) is 0 Å². The number of carbonyl (C=O) groups is 1. The van der Waals surface area contributed by atoms with Crippen molar-refractivity contribution in [3.63, 3.8) is 0 Å². The predicted octanol–water partition coefficient (Wildman–Crippen LogP) is 0.966. The largest absolute Gasteiger partial charge is 0.444 e. The average Bonchev–Trinajstić information content (AvgIpc) is 2.46. The number of amides is 1. The highest BCUT2D eigenvalue weighted by atomic mass is 127. The minimum Gasteiger partial charge on any atom is -0.444 e. The Morgan fingerprint density at radius 2 is 1.65 bits per heavy atom. The molecule has 0 rings (SSSR count). The summed E-state index contributed by atoms with van der Waals surface area (Å²) in [6.45, 7) is 9.62. The Balaban J connectivity index is 0. The Morgan fingerprint density at radius 3 is 2.12 bits per heavy atom. The summed E-state index contributed by atoms with van der Waals surface area (Å²) in [6.07, 6.45) is 1.41. The number of ether oxygens (including phenoxy) is 1. The molecule has 0 fully saturated rings. The summed E-state index contributed by atoms with van der Waals surface area (Å²) in [5.74, 6) is 0.591. The average molecular weight is 507 g/mol. The van der Waals surface area contributed by atoms with Crippen LogP contribution in [-0.2, 0) is 14.8 Å². The molecule has 26 heavy (non-hydrogen) atoms. The van der Waals surface area contributed by atoms with E-state index >= 15 is 0 Å². The van der Waals surface area contributed by atoms with Crippen LogP contribution in [0.3, 0.4) is 0 Å². The molecule has 156 valence electrons. The van der Waals surface area contributed by atoms with Crippen molar-refractivity contribution in [2.75, 3.05) is 46.0 Å². The van der Waals surface area contributed by atoms with Crippen molar-refractivity contribution in [1.29, 1.82) is 0 Å². The number of sulfonamides is 1. The number of aliphatic imine (C=N–C) groups is 1. The number of hydrogen-bond acceptors (Lipinski definition) is 5. The molecular weight excluding hydrogens is 473 g/mol. The van der Waals surface area contributed by atoms with Gasteiger partial charge in [0.1, 0.15) is 5.60 Å². The van der Waals surface area contributed by atoms with Gasteiger partial charge in [0.2, 0.25) is 10.0 Å². The van der Waals surface area contributed by atoms with Crippen LogP contribution >= 0.6 is 24.0 Å². The lowest BCUT2D eigenvalue weighted by Crippen LogP contribution is -2.43. The summed E-state index contributed by atoms with van der Waals surface area (Å²) in [5.41, 5.74) is -0.520. The summed E-state index contributed by atoms with van der Waals surface area (Å²) in [6, 6.07) is 0. The van der Waals surface area contributed by atoms with Crippen molar-refractivity contribution in [2.24, 2.45) is 4.99 Å². The van der Waals surface area contributed by atoms with Gasteiger partial charge in [-0.3, -0.25) is 4.99 Å². The lowest BCUT2D eigenvalue weighted by molar-refractivity contribution is 0.0529. The molecule has 11 heteroatoms. The van der Waals surface area contributed by atoms with Gasteiger partial charge in [-0.15, -0.1) is 24.0 Å². The van der Waals surface area contributed by atoms with Crippen molar-refractivity contribution in [3.8, 4) is 0 Å². The number of rotatable bonds is 9. The van der Waals surface area contributed by atoms with Gasteiger partial charge in [0.15, 0.2) is 5.96 Å². The molecule has 0 aliphatic heterocycles. The van der Waals surface area contributed by atoms with Gasteiger partial charge >= 0.3 is 6.09 Å². The molecule has 0 saturated heterocycles. The Labute approximate surface area is 174 Å². The molecule has 0 atom stereocenters. The zero-order valence-electron chi connectivity index (χ0n) is 16.6. The van der Waals surface area contributed by atoms with Gasteiger partial charge in [-0.05, 0) is 27.2 Å². The van der Waals surface area contributed by atoms with E-state index in [-0.39, 0.29) is 24.0 Å². The van der Waals surface area contributed by atoms with E-state index < -0.39 is 21.7 Å². The second kappa shape index (κ2) is 13.4. The zero-order chi connectivity index (χ0) is 19.5. The van der Waals surface area contributed by atoms with Crippen LogP contribution in [0.4, 0.5) is 4.79 Å². The Kier molecular flexibility index (Phi) is 14.1. The second-order valence-corrected chi connectivity index (χ2v) is 8.45. The van der Waals surface area contributed by atoms with E-state index in [9.17, 15) is 13.2 Å². The number of nitrogens with one attached hydrogen (secondary N) is 3. The van der Waals surface area contributed by atoms with Gasteiger partial charge in [0.25, 0.3) is 0 Å². The SMILES string of the molecule is CCN(CCCNC(=NC)NCCNC(=O)OC(C)(C)C)S(C)(=O)=O.I. The fourth-order valence-corrected chi connectivity index (χ4v) is 2.83. The molecule has 0 aliphatic carbocycles. The molecule has 0 spiro atoms. The topological polar surface area (TPSA) is 112 Å². The first-order valence-corrected chi connectivity index (χ1v) is 10.2. The molecule has 0 aromatic rings. The Morgan fingerprint density at radius 1 is 1.12 bits per heavy atom. The first-order valence-electron chi connectivity index (χ1n) is 8.36. The number of nitrogens with zero attached hydrogens (tertiary/aromatic N) is 2. The number of guanidine groups is 1. The van der Waals surface area contributed by atoms with Crippen LogP contribution in [0.25, 0.3) is 0 Å². The van der Waals surface area contributed by atoms with Crippen LogP contribution in [-0.4, -0.2) is 76.4 Å². The quantitative estimate of drug-likeness (QED) is 0.186. The van der Waals surface area contributed by atoms with Crippen LogP contribution in [0.15, 0.2) is 4.99 Å². The van der Waals surface area contributed by atoms with Crippen molar-refractivity contribution in [2.45, 2.75) is 39.7 Å². The van der Waals surface area contributed by atoms with Crippen molar-refractivity contribution in [1.82, 2.24) is 20.3 Å². The monoisotopic (exact) mass is 507 g/mol. The smallest absolute Gasteiger partial charge is 0.407 e. The van der Waals surface area contributed by atoms with Crippen LogP contribution < -0.4 is 16.0 Å². The van der Waals surface area contributed by atoms with Gasteiger partial charge < -0.3 is 20.7 Å². The second-order valence-electron chi connectivity index (χ2n) is 6.46. The van der Waals surface area contributed by atoms with Crippen molar-refractivity contribution in [3.05, 3.63) is 0 Å². The molecule has 0 aromatic heterocycles. The fraction of sp³-hybridized carbons (Fsp3) is 0.867. The van der Waals surface area contributed by atoms with E-state index in [1.54, 1.807) is 27.8 Å². The zero-order valence-corrected chi connectivity index (χ0v) is 19.7. The number of carbonyl (C=O) groups excluding carboxylic acids is 1. The Bertz CT molecular complexity index is 535. The molecular formula is C15H34IN5O4S. The van der Waals surface area contributed by atoms with E-state index in [0.29, 0.717) is 45.1 Å². The minimum atomic E-state index is -3.15. The molecule has 0 saturated carbocycles. The lowest BCUT2D eigenvalue weighted by Gasteiger charge is -2.20.